The van der Waals surface area contributed by atoms with Gasteiger partial charge in [0.1, 0.15) is 0 Å². The maximum atomic E-state index is 12.4. The summed E-state index contributed by atoms with van der Waals surface area (Å²) in [6, 6.07) is 7.26. The van der Waals surface area contributed by atoms with Gasteiger partial charge >= 0.3 is 11.2 Å². The Bertz CT molecular complexity index is 640. The number of nitrogens with zero attached hydrogens (tertiary/aromatic N) is 1. The van der Waals surface area contributed by atoms with E-state index in [1.165, 1.54) is 0 Å². The van der Waals surface area contributed by atoms with Gasteiger partial charge in [-0.25, -0.2) is 0 Å². The minimum Gasteiger partial charge on any atom is -0.344 e. The summed E-state index contributed by atoms with van der Waals surface area (Å²) in [6.45, 7) is 0. The van der Waals surface area contributed by atoms with Crippen molar-refractivity contribution in [2.24, 2.45) is 0 Å². The zero-order chi connectivity index (χ0) is 14.9. The van der Waals surface area contributed by atoms with Crippen LogP contribution in [-0.2, 0) is 0 Å². The first-order chi connectivity index (χ1) is 9.26. The Morgan fingerprint density at radius 2 is 1.85 bits per heavy atom. The lowest BCUT2D eigenvalue weighted by Crippen LogP contribution is -2.00. The number of thioether (sulfide) groups is 1. The molecule has 0 bridgehead atoms. The topological polar surface area (TPSA) is 58.9 Å². The molecular weight excluding hydrogens is 317 g/mol. The van der Waals surface area contributed by atoms with Crippen molar-refractivity contribution < 1.29 is 18.1 Å². The summed E-state index contributed by atoms with van der Waals surface area (Å²) in [5.74, 6) is 0. The van der Waals surface area contributed by atoms with Crippen molar-refractivity contribution in [1.82, 2.24) is 4.98 Å². The first-order valence-electron chi connectivity index (χ1n) is 5.15. The van der Waals surface area contributed by atoms with Gasteiger partial charge < -0.3 is 4.98 Å². The highest BCUT2D eigenvalue weighted by atomic mass is 35.5. The first-order valence-corrected chi connectivity index (χ1v) is 6.35. The molecule has 0 aliphatic heterocycles. The normalized spacial score (nSPS) is 11.6. The predicted molar refractivity (Wildman–Crippen MR) is 69.8 cm³/mol. The summed E-state index contributed by atoms with van der Waals surface area (Å²) in [5.41, 5.74) is -4.49. The van der Waals surface area contributed by atoms with Gasteiger partial charge in [0.05, 0.1) is 10.6 Å². The second-order valence-electron chi connectivity index (χ2n) is 3.71. The van der Waals surface area contributed by atoms with Crippen LogP contribution in [0.25, 0.3) is 11.3 Å². The number of nitro groups is 1. The maximum Gasteiger partial charge on any atom is 0.448 e. The van der Waals surface area contributed by atoms with Gasteiger partial charge in [-0.2, -0.15) is 13.2 Å². The van der Waals surface area contributed by atoms with Crippen LogP contribution in [0.4, 0.5) is 18.9 Å². The molecule has 1 aromatic carbocycles. The molecule has 1 heterocycles. The van der Waals surface area contributed by atoms with Gasteiger partial charge in [0.25, 0.3) is 0 Å². The number of aromatic nitrogens is 1. The van der Waals surface area contributed by atoms with E-state index < -0.39 is 32.9 Å². The van der Waals surface area contributed by atoms with Gasteiger partial charge in [-0.05, 0) is 17.7 Å². The monoisotopic (exact) mass is 322 g/mol. The van der Waals surface area contributed by atoms with Crippen LogP contribution in [-0.4, -0.2) is 15.4 Å². The molecule has 1 N–H and O–H groups in total. The number of alkyl halides is 3. The second kappa shape index (κ2) is 5.37. The van der Waals surface area contributed by atoms with Gasteiger partial charge in [-0.15, -0.1) is 0 Å². The SMILES string of the molecule is O=[N+]([O-])c1cc(-c2ccc(Cl)cc2)[nH]c1SC(F)(F)F. The number of hydrogen-bond acceptors (Lipinski definition) is 3. The highest BCUT2D eigenvalue weighted by Gasteiger charge is 2.34. The minimum absolute atomic E-state index is 0.222. The van der Waals surface area contributed by atoms with Gasteiger partial charge in [0.15, 0.2) is 5.03 Å². The molecule has 0 saturated carbocycles. The maximum absolute atomic E-state index is 12.4. The highest BCUT2D eigenvalue weighted by molar-refractivity contribution is 8.00. The zero-order valence-corrected chi connectivity index (χ0v) is 11.1. The summed E-state index contributed by atoms with van der Waals surface area (Å²) in [4.78, 5) is 12.3. The highest BCUT2D eigenvalue weighted by Crippen LogP contribution is 2.42. The third-order valence-corrected chi connectivity index (χ3v) is 3.33. The molecule has 0 saturated heterocycles. The fraction of sp³-hybridized carbons (Fsp3) is 0.0909. The summed E-state index contributed by atoms with van der Waals surface area (Å²) in [5, 5.41) is 10.7. The van der Waals surface area contributed by atoms with Crippen LogP contribution in [0.15, 0.2) is 35.4 Å². The molecule has 20 heavy (non-hydrogen) atoms. The molecule has 1 aromatic heterocycles. The standard InChI is InChI=1S/C11H6ClF3N2O2S/c12-7-3-1-6(2-4-7)8-5-9(17(18)19)10(16-8)20-11(13,14)15/h1-5,16H. The zero-order valence-electron chi connectivity index (χ0n) is 9.57. The van der Waals surface area contributed by atoms with Gasteiger partial charge in [0.2, 0.25) is 0 Å². The number of rotatable bonds is 3. The van der Waals surface area contributed by atoms with E-state index >= 15 is 0 Å². The Labute approximate surface area is 120 Å². The van der Waals surface area contributed by atoms with Crippen LogP contribution in [0.5, 0.6) is 0 Å². The van der Waals surface area contributed by atoms with Crippen LogP contribution in [0, 0.1) is 10.1 Å². The average molecular weight is 323 g/mol. The number of hydrogen-bond donors (Lipinski definition) is 1. The molecule has 106 valence electrons. The van der Waals surface area contributed by atoms with E-state index in [0.29, 0.717) is 10.6 Å². The lowest BCUT2D eigenvalue weighted by molar-refractivity contribution is -0.387. The Balaban J connectivity index is 2.43. The Morgan fingerprint density at radius 1 is 1.25 bits per heavy atom. The van der Waals surface area contributed by atoms with Crippen LogP contribution in [0.1, 0.15) is 0 Å². The Kier molecular flexibility index (Phi) is 3.96. The molecule has 0 spiro atoms. The molecule has 4 nitrogen and oxygen atoms in total. The molecule has 0 radical (unpaired) electrons. The molecule has 0 amide bonds. The fourth-order valence-electron chi connectivity index (χ4n) is 1.54. The lowest BCUT2D eigenvalue weighted by atomic mass is 10.1. The van der Waals surface area contributed by atoms with Crippen LogP contribution < -0.4 is 0 Å². The first kappa shape index (κ1) is 14.7. The van der Waals surface area contributed by atoms with Crippen molar-refractivity contribution in [2.75, 3.05) is 0 Å². The van der Waals surface area contributed by atoms with Crippen molar-refractivity contribution in [3.63, 3.8) is 0 Å². The summed E-state index contributed by atoms with van der Waals surface area (Å²) in [7, 11) is 0. The van der Waals surface area contributed by atoms with Gasteiger partial charge in [-0.1, -0.05) is 23.7 Å². The Morgan fingerprint density at radius 3 is 2.35 bits per heavy atom. The Hall–Kier alpha value is -1.67. The summed E-state index contributed by atoms with van der Waals surface area (Å²) < 4.78 is 37.1. The predicted octanol–water partition coefficient (Wildman–Crippen LogP) is 4.86. The van der Waals surface area contributed by atoms with Crippen molar-refractivity contribution in [3.05, 3.63) is 45.5 Å². The molecule has 0 aliphatic rings. The van der Waals surface area contributed by atoms with Crippen molar-refractivity contribution in [1.29, 1.82) is 0 Å². The summed E-state index contributed by atoms with van der Waals surface area (Å²) >= 11 is 5.15. The molecule has 0 fully saturated rings. The van der Waals surface area contributed by atoms with E-state index in [4.69, 9.17) is 11.6 Å². The average Bonchev–Trinajstić information content (AvgIpc) is 2.71. The molecule has 0 unspecified atom stereocenters. The number of aromatic amines is 1. The van der Waals surface area contributed by atoms with Gasteiger partial charge in [0, 0.05) is 22.9 Å². The molecule has 9 heteroatoms. The fourth-order valence-corrected chi connectivity index (χ4v) is 2.30. The van der Waals surface area contributed by atoms with Crippen molar-refractivity contribution >= 4 is 29.1 Å². The third-order valence-electron chi connectivity index (χ3n) is 2.33. The number of H-pyrrole nitrogens is 1. The van der Waals surface area contributed by atoms with E-state index in [0.717, 1.165) is 6.07 Å². The lowest BCUT2D eigenvalue weighted by Gasteiger charge is -2.02. The smallest absolute Gasteiger partial charge is 0.344 e. The molecule has 2 aromatic rings. The molecule has 2 rings (SSSR count). The molecule has 0 atom stereocenters. The van der Waals surface area contributed by atoms with Crippen molar-refractivity contribution in [3.8, 4) is 11.3 Å². The van der Waals surface area contributed by atoms with Crippen LogP contribution in [0.3, 0.4) is 0 Å². The van der Waals surface area contributed by atoms with Crippen LogP contribution in [0.2, 0.25) is 5.02 Å². The quantitative estimate of drug-likeness (QED) is 0.499. The second-order valence-corrected chi connectivity index (χ2v) is 5.22. The summed E-state index contributed by atoms with van der Waals surface area (Å²) in [6.07, 6.45) is 0. The third kappa shape index (κ3) is 3.45. The number of benzene rings is 1. The van der Waals surface area contributed by atoms with Gasteiger partial charge in [-0.3, -0.25) is 10.1 Å². The molecule has 0 aliphatic carbocycles. The largest absolute Gasteiger partial charge is 0.448 e. The van der Waals surface area contributed by atoms with E-state index in [1.807, 2.05) is 0 Å². The number of halogens is 4. The minimum atomic E-state index is -4.60. The number of nitrogens with one attached hydrogen (secondary N) is 1. The van der Waals surface area contributed by atoms with E-state index in [9.17, 15) is 23.3 Å². The van der Waals surface area contributed by atoms with E-state index in [-0.39, 0.29) is 5.69 Å². The molecular formula is C11H6ClF3N2O2S. The van der Waals surface area contributed by atoms with Crippen molar-refractivity contribution in [2.45, 2.75) is 10.5 Å². The van der Waals surface area contributed by atoms with Crippen LogP contribution >= 0.6 is 23.4 Å². The van der Waals surface area contributed by atoms with E-state index in [1.54, 1.807) is 24.3 Å². The van der Waals surface area contributed by atoms with E-state index in [2.05, 4.69) is 4.98 Å².